The third-order valence-corrected chi connectivity index (χ3v) is 4.10. The SMILES string of the molecule is COc1ccc(N(C)CCCNC(=O)c2ccc(C)cc2C)cc1. The fourth-order valence-corrected chi connectivity index (χ4v) is 2.65. The number of hydrogen-bond acceptors (Lipinski definition) is 3. The molecule has 128 valence electrons. The van der Waals surface area contributed by atoms with E-state index in [1.54, 1.807) is 7.11 Å². The summed E-state index contributed by atoms with van der Waals surface area (Å²) in [5, 5.41) is 3.00. The highest BCUT2D eigenvalue weighted by atomic mass is 16.5. The molecule has 0 aliphatic heterocycles. The van der Waals surface area contributed by atoms with Gasteiger partial charge in [0.1, 0.15) is 5.75 Å². The second-order valence-electron chi connectivity index (χ2n) is 6.05. The molecule has 2 rings (SSSR count). The Morgan fingerprint density at radius 2 is 1.83 bits per heavy atom. The van der Waals surface area contributed by atoms with E-state index in [1.165, 1.54) is 5.56 Å². The topological polar surface area (TPSA) is 41.6 Å². The molecule has 0 spiro atoms. The summed E-state index contributed by atoms with van der Waals surface area (Å²) < 4.78 is 5.17. The molecule has 0 unspecified atom stereocenters. The van der Waals surface area contributed by atoms with E-state index >= 15 is 0 Å². The number of rotatable bonds is 7. The van der Waals surface area contributed by atoms with Crippen LogP contribution in [0.5, 0.6) is 5.75 Å². The fraction of sp³-hybridized carbons (Fsp3) is 0.350. The number of nitrogens with one attached hydrogen (secondary N) is 1. The van der Waals surface area contributed by atoms with Crippen LogP contribution >= 0.6 is 0 Å². The van der Waals surface area contributed by atoms with Crippen molar-refractivity contribution in [2.24, 2.45) is 0 Å². The Kier molecular flexibility index (Phi) is 6.24. The smallest absolute Gasteiger partial charge is 0.251 e. The molecule has 24 heavy (non-hydrogen) atoms. The zero-order valence-electron chi connectivity index (χ0n) is 14.9. The molecular formula is C20H26N2O2. The van der Waals surface area contributed by atoms with E-state index in [4.69, 9.17) is 4.74 Å². The highest BCUT2D eigenvalue weighted by molar-refractivity contribution is 5.95. The predicted molar refractivity (Wildman–Crippen MR) is 99.1 cm³/mol. The maximum atomic E-state index is 12.2. The van der Waals surface area contributed by atoms with Crippen molar-refractivity contribution >= 4 is 11.6 Å². The minimum atomic E-state index is -0.000370. The zero-order valence-corrected chi connectivity index (χ0v) is 14.9. The van der Waals surface area contributed by atoms with E-state index in [0.717, 1.165) is 35.5 Å². The number of aryl methyl sites for hydroxylation is 2. The normalized spacial score (nSPS) is 10.3. The molecular weight excluding hydrogens is 300 g/mol. The van der Waals surface area contributed by atoms with Crippen LogP contribution in [0.3, 0.4) is 0 Å². The van der Waals surface area contributed by atoms with Gasteiger partial charge in [0.15, 0.2) is 0 Å². The highest BCUT2D eigenvalue weighted by Crippen LogP contribution is 2.18. The second kappa shape index (κ2) is 8.39. The van der Waals surface area contributed by atoms with Crippen molar-refractivity contribution in [2.75, 3.05) is 32.1 Å². The van der Waals surface area contributed by atoms with E-state index in [0.29, 0.717) is 6.54 Å². The second-order valence-corrected chi connectivity index (χ2v) is 6.05. The maximum Gasteiger partial charge on any atom is 0.251 e. The van der Waals surface area contributed by atoms with Gasteiger partial charge in [-0.05, 0) is 56.2 Å². The first-order valence-corrected chi connectivity index (χ1v) is 8.22. The highest BCUT2D eigenvalue weighted by Gasteiger charge is 2.08. The third-order valence-electron chi connectivity index (χ3n) is 4.10. The van der Waals surface area contributed by atoms with Crippen LogP contribution in [0.15, 0.2) is 42.5 Å². The van der Waals surface area contributed by atoms with Crippen molar-refractivity contribution < 1.29 is 9.53 Å². The van der Waals surface area contributed by atoms with Crippen LogP contribution in [-0.4, -0.2) is 33.2 Å². The number of carbonyl (C=O) groups excluding carboxylic acids is 1. The van der Waals surface area contributed by atoms with Crippen LogP contribution in [0, 0.1) is 13.8 Å². The van der Waals surface area contributed by atoms with Crippen molar-refractivity contribution in [3.05, 3.63) is 59.2 Å². The molecule has 2 aromatic carbocycles. The number of anilines is 1. The molecule has 0 saturated heterocycles. The molecule has 0 heterocycles. The van der Waals surface area contributed by atoms with Crippen molar-refractivity contribution in [3.8, 4) is 5.75 Å². The first-order valence-electron chi connectivity index (χ1n) is 8.22. The molecule has 0 bridgehead atoms. The standard InChI is InChI=1S/C20H26N2O2/c1-15-6-11-19(16(2)14-15)20(23)21-12-5-13-22(3)17-7-9-18(24-4)10-8-17/h6-11,14H,5,12-13H2,1-4H3,(H,21,23). The van der Waals surface area contributed by atoms with Crippen LogP contribution in [0.1, 0.15) is 27.9 Å². The van der Waals surface area contributed by atoms with Crippen molar-refractivity contribution in [3.63, 3.8) is 0 Å². The Bertz CT molecular complexity index is 681. The summed E-state index contributed by atoms with van der Waals surface area (Å²) in [6.45, 7) is 5.54. The summed E-state index contributed by atoms with van der Waals surface area (Å²) in [7, 11) is 3.71. The molecule has 0 atom stereocenters. The predicted octanol–water partition coefficient (Wildman–Crippen LogP) is 3.57. The van der Waals surface area contributed by atoms with Crippen molar-refractivity contribution in [1.82, 2.24) is 5.32 Å². The van der Waals surface area contributed by atoms with Gasteiger partial charge in [-0.15, -0.1) is 0 Å². The fourth-order valence-electron chi connectivity index (χ4n) is 2.65. The Morgan fingerprint density at radius 1 is 1.12 bits per heavy atom. The number of benzene rings is 2. The summed E-state index contributed by atoms with van der Waals surface area (Å²) >= 11 is 0. The van der Waals surface area contributed by atoms with Crippen LogP contribution in [-0.2, 0) is 0 Å². The number of nitrogens with zero attached hydrogens (tertiary/aromatic N) is 1. The Hall–Kier alpha value is -2.49. The van der Waals surface area contributed by atoms with E-state index in [1.807, 2.05) is 63.4 Å². The minimum Gasteiger partial charge on any atom is -0.497 e. The van der Waals surface area contributed by atoms with Gasteiger partial charge in [-0.1, -0.05) is 17.7 Å². The quantitative estimate of drug-likeness (QED) is 0.791. The number of ether oxygens (including phenoxy) is 1. The lowest BCUT2D eigenvalue weighted by atomic mass is 10.1. The Morgan fingerprint density at radius 3 is 2.46 bits per heavy atom. The monoisotopic (exact) mass is 326 g/mol. The summed E-state index contributed by atoms with van der Waals surface area (Å²) in [6, 6.07) is 13.9. The summed E-state index contributed by atoms with van der Waals surface area (Å²) in [5.41, 5.74) is 4.08. The lowest BCUT2D eigenvalue weighted by Gasteiger charge is -2.19. The molecule has 2 aromatic rings. The average molecular weight is 326 g/mol. The van der Waals surface area contributed by atoms with Crippen LogP contribution in [0.4, 0.5) is 5.69 Å². The number of methoxy groups -OCH3 is 1. The van der Waals surface area contributed by atoms with Gasteiger partial charge >= 0.3 is 0 Å². The van der Waals surface area contributed by atoms with Gasteiger partial charge in [0.05, 0.1) is 7.11 Å². The van der Waals surface area contributed by atoms with Gasteiger partial charge in [0.2, 0.25) is 0 Å². The van der Waals surface area contributed by atoms with Crippen LogP contribution in [0.2, 0.25) is 0 Å². The molecule has 1 N–H and O–H groups in total. The average Bonchev–Trinajstić information content (AvgIpc) is 2.58. The van der Waals surface area contributed by atoms with E-state index in [2.05, 4.69) is 10.2 Å². The third kappa shape index (κ3) is 4.75. The number of amides is 1. The van der Waals surface area contributed by atoms with E-state index in [-0.39, 0.29) is 5.91 Å². The van der Waals surface area contributed by atoms with Gasteiger partial charge < -0.3 is 15.0 Å². The Labute approximate surface area is 144 Å². The van der Waals surface area contributed by atoms with Gasteiger partial charge in [-0.25, -0.2) is 0 Å². The summed E-state index contributed by atoms with van der Waals surface area (Å²) in [5.74, 6) is 0.854. The molecule has 0 saturated carbocycles. The molecule has 0 aromatic heterocycles. The van der Waals surface area contributed by atoms with Gasteiger partial charge in [0.25, 0.3) is 5.91 Å². The first kappa shape index (κ1) is 17.9. The van der Waals surface area contributed by atoms with Gasteiger partial charge in [-0.2, -0.15) is 0 Å². The minimum absolute atomic E-state index is 0.000370. The first-order chi connectivity index (χ1) is 11.5. The van der Waals surface area contributed by atoms with Gasteiger partial charge in [-0.3, -0.25) is 4.79 Å². The lowest BCUT2D eigenvalue weighted by molar-refractivity contribution is 0.0953. The summed E-state index contributed by atoms with van der Waals surface area (Å²) in [4.78, 5) is 14.4. The lowest BCUT2D eigenvalue weighted by Crippen LogP contribution is -2.28. The summed E-state index contributed by atoms with van der Waals surface area (Å²) in [6.07, 6.45) is 0.888. The molecule has 4 nitrogen and oxygen atoms in total. The molecule has 0 aliphatic carbocycles. The number of hydrogen-bond donors (Lipinski definition) is 1. The van der Waals surface area contributed by atoms with Gasteiger partial charge in [0, 0.05) is 31.4 Å². The molecule has 0 radical (unpaired) electrons. The number of carbonyl (C=O) groups is 1. The van der Waals surface area contributed by atoms with Crippen LogP contribution < -0.4 is 15.0 Å². The van der Waals surface area contributed by atoms with E-state index in [9.17, 15) is 4.79 Å². The van der Waals surface area contributed by atoms with Crippen molar-refractivity contribution in [2.45, 2.75) is 20.3 Å². The largest absolute Gasteiger partial charge is 0.497 e. The molecule has 1 amide bonds. The maximum absolute atomic E-state index is 12.2. The molecule has 4 heteroatoms. The van der Waals surface area contributed by atoms with Crippen molar-refractivity contribution in [1.29, 1.82) is 0 Å². The molecule has 0 aliphatic rings. The van der Waals surface area contributed by atoms with E-state index < -0.39 is 0 Å². The van der Waals surface area contributed by atoms with Crippen LogP contribution in [0.25, 0.3) is 0 Å². The zero-order chi connectivity index (χ0) is 17.5. The Balaban J connectivity index is 1.78. The molecule has 0 fully saturated rings.